The molecule has 1 rings (SSSR count). The molecule has 0 aromatic carbocycles. The summed E-state index contributed by atoms with van der Waals surface area (Å²) < 4.78 is 74.0. The van der Waals surface area contributed by atoms with Gasteiger partial charge in [0.05, 0.1) is 4.92 Å². The van der Waals surface area contributed by atoms with Crippen molar-refractivity contribution in [2.24, 2.45) is 0 Å². The zero-order valence-corrected chi connectivity index (χ0v) is 9.88. The molecule has 7 nitrogen and oxygen atoms in total. The van der Waals surface area contributed by atoms with Crippen molar-refractivity contribution in [3.8, 4) is 5.88 Å². The minimum absolute atomic E-state index is 0.0828. The van der Waals surface area contributed by atoms with Crippen molar-refractivity contribution in [2.75, 3.05) is 0 Å². The van der Waals surface area contributed by atoms with Gasteiger partial charge in [0, 0.05) is 10.7 Å². The van der Waals surface area contributed by atoms with Crippen molar-refractivity contribution in [1.82, 2.24) is 4.98 Å². The molecular weight excluding hydrogens is 324 g/mol. The van der Waals surface area contributed by atoms with Gasteiger partial charge in [0.15, 0.2) is 0 Å². The Bertz CT molecular complexity index is 631. The lowest BCUT2D eigenvalue weighted by atomic mass is 10.4. The summed E-state index contributed by atoms with van der Waals surface area (Å²) in [5, 5.41) is 10.4. The van der Waals surface area contributed by atoms with E-state index in [4.69, 9.17) is 10.7 Å². The summed E-state index contributed by atoms with van der Waals surface area (Å²) in [6.07, 6.45) is -5.28. The number of hydrogen-bond donors (Lipinski definition) is 0. The van der Waals surface area contributed by atoms with Crippen molar-refractivity contribution < 1.29 is 35.6 Å². The summed E-state index contributed by atoms with van der Waals surface area (Å²) in [5.74, 6) is -4.00. The quantitative estimate of drug-likeness (QED) is 0.365. The summed E-state index contributed by atoms with van der Waals surface area (Å²) in [5.41, 5.74) is -1.41. The minimum atomic E-state index is -5.36. The molecule has 1 heterocycles. The first kappa shape index (κ1) is 15.4. The van der Waals surface area contributed by atoms with Crippen LogP contribution in [0.15, 0.2) is 11.1 Å². The molecule has 0 aliphatic heterocycles. The molecular formula is C6HClF4N2O5S. The third kappa shape index (κ3) is 3.64. The molecule has 0 saturated carbocycles. The Morgan fingerprint density at radius 1 is 1.42 bits per heavy atom. The largest absolute Gasteiger partial charge is 0.574 e. The SMILES string of the molecule is O=[N+]([O-])c1cnc(OC(F)(F)F)c(F)c1S(=O)(=O)Cl. The number of hydrogen-bond acceptors (Lipinski definition) is 6. The molecule has 0 N–H and O–H groups in total. The van der Waals surface area contributed by atoms with E-state index in [1.165, 1.54) is 0 Å². The number of alkyl halides is 3. The number of rotatable bonds is 3. The Morgan fingerprint density at radius 2 is 1.95 bits per heavy atom. The van der Waals surface area contributed by atoms with Crippen molar-refractivity contribution in [3.05, 3.63) is 22.1 Å². The Balaban J connectivity index is 3.56. The van der Waals surface area contributed by atoms with Crippen LogP contribution in [0.4, 0.5) is 23.2 Å². The molecule has 0 spiro atoms. The molecule has 0 fully saturated rings. The van der Waals surface area contributed by atoms with Crippen LogP contribution in [0.5, 0.6) is 5.88 Å². The summed E-state index contributed by atoms with van der Waals surface area (Å²) in [4.78, 5) is 9.98. The van der Waals surface area contributed by atoms with Gasteiger partial charge in [-0.15, -0.1) is 13.2 Å². The van der Waals surface area contributed by atoms with Gasteiger partial charge in [0.1, 0.15) is 6.20 Å². The van der Waals surface area contributed by atoms with Crippen LogP contribution in [0, 0.1) is 15.9 Å². The first-order valence-electron chi connectivity index (χ1n) is 3.97. The normalized spacial score (nSPS) is 12.3. The first-order chi connectivity index (χ1) is 8.43. The number of aromatic nitrogens is 1. The molecule has 1 aromatic rings. The van der Waals surface area contributed by atoms with E-state index in [1.54, 1.807) is 0 Å². The smallest absolute Gasteiger partial charge is 0.385 e. The third-order valence-electron chi connectivity index (χ3n) is 1.58. The molecule has 19 heavy (non-hydrogen) atoms. The number of nitro groups is 1. The second-order valence-electron chi connectivity index (χ2n) is 2.83. The molecule has 13 heteroatoms. The fraction of sp³-hybridized carbons (Fsp3) is 0.167. The molecule has 0 aliphatic carbocycles. The second kappa shape index (κ2) is 4.77. The highest BCUT2D eigenvalue weighted by molar-refractivity contribution is 8.13. The zero-order chi connectivity index (χ0) is 15.0. The van der Waals surface area contributed by atoms with Crippen LogP contribution in [0.3, 0.4) is 0 Å². The molecule has 0 aliphatic rings. The van der Waals surface area contributed by atoms with E-state index in [0.29, 0.717) is 0 Å². The van der Waals surface area contributed by atoms with Crippen LogP contribution in [-0.2, 0) is 9.05 Å². The third-order valence-corrected chi connectivity index (χ3v) is 2.92. The van der Waals surface area contributed by atoms with Gasteiger partial charge in [0.25, 0.3) is 14.9 Å². The van der Waals surface area contributed by atoms with Gasteiger partial charge < -0.3 is 4.74 Å². The van der Waals surface area contributed by atoms with Crippen LogP contribution in [0.2, 0.25) is 0 Å². The van der Waals surface area contributed by atoms with E-state index < -0.39 is 42.6 Å². The van der Waals surface area contributed by atoms with Gasteiger partial charge in [-0.25, -0.2) is 13.4 Å². The molecule has 0 saturated heterocycles. The van der Waals surface area contributed by atoms with Crippen molar-refractivity contribution in [2.45, 2.75) is 11.3 Å². The fourth-order valence-corrected chi connectivity index (χ4v) is 2.11. The van der Waals surface area contributed by atoms with Gasteiger partial charge in [-0.05, 0) is 0 Å². The van der Waals surface area contributed by atoms with Crippen LogP contribution >= 0.6 is 10.7 Å². The lowest BCUT2D eigenvalue weighted by Crippen LogP contribution is -2.19. The first-order valence-corrected chi connectivity index (χ1v) is 6.27. The summed E-state index contributed by atoms with van der Waals surface area (Å²) >= 11 is 0. The maximum absolute atomic E-state index is 13.5. The summed E-state index contributed by atoms with van der Waals surface area (Å²) in [7, 11) is -0.300. The Morgan fingerprint density at radius 3 is 2.32 bits per heavy atom. The molecule has 0 unspecified atom stereocenters. The Hall–Kier alpha value is -1.69. The number of halogens is 5. The highest BCUT2D eigenvalue weighted by Crippen LogP contribution is 2.34. The molecule has 0 amide bonds. The van der Waals surface area contributed by atoms with E-state index in [1.807, 2.05) is 0 Å². The van der Waals surface area contributed by atoms with Crippen LogP contribution in [0.25, 0.3) is 0 Å². The van der Waals surface area contributed by atoms with Crippen LogP contribution in [0.1, 0.15) is 0 Å². The molecule has 106 valence electrons. The average Bonchev–Trinajstić information content (AvgIpc) is 2.16. The number of pyridine rings is 1. The number of nitrogens with zero attached hydrogens (tertiary/aromatic N) is 2. The molecule has 0 radical (unpaired) electrons. The minimum Gasteiger partial charge on any atom is -0.385 e. The lowest BCUT2D eigenvalue weighted by Gasteiger charge is -2.09. The van der Waals surface area contributed by atoms with E-state index in [-0.39, 0.29) is 6.20 Å². The highest BCUT2D eigenvalue weighted by atomic mass is 35.7. The van der Waals surface area contributed by atoms with Gasteiger partial charge in [-0.2, -0.15) is 4.39 Å². The molecule has 0 atom stereocenters. The standard InChI is InChI=1S/C6HClF4N2O5S/c7-19(16,17)4-2(13(14)15)1-12-5(3(4)8)18-6(9,10)11/h1H. The second-order valence-corrected chi connectivity index (χ2v) is 5.34. The topological polar surface area (TPSA) is 99.4 Å². The van der Waals surface area contributed by atoms with Gasteiger partial charge in [-0.1, -0.05) is 0 Å². The van der Waals surface area contributed by atoms with Crippen molar-refractivity contribution in [3.63, 3.8) is 0 Å². The van der Waals surface area contributed by atoms with Crippen LogP contribution in [-0.4, -0.2) is 24.7 Å². The number of ether oxygens (including phenoxy) is 1. The summed E-state index contributed by atoms with van der Waals surface area (Å²) in [6, 6.07) is 0. The summed E-state index contributed by atoms with van der Waals surface area (Å²) in [6.45, 7) is 0. The predicted octanol–water partition coefficient (Wildman–Crippen LogP) is 1.96. The van der Waals surface area contributed by atoms with Gasteiger partial charge >= 0.3 is 12.0 Å². The predicted molar refractivity (Wildman–Crippen MR) is 50.6 cm³/mol. The molecule has 0 bridgehead atoms. The Labute approximate surface area is 106 Å². The van der Waals surface area contributed by atoms with E-state index in [9.17, 15) is 36.1 Å². The van der Waals surface area contributed by atoms with Gasteiger partial charge in [-0.3, -0.25) is 10.1 Å². The van der Waals surface area contributed by atoms with Crippen molar-refractivity contribution in [1.29, 1.82) is 0 Å². The maximum atomic E-state index is 13.5. The van der Waals surface area contributed by atoms with E-state index >= 15 is 0 Å². The van der Waals surface area contributed by atoms with Crippen LogP contribution < -0.4 is 4.74 Å². The van der Waals surface area contributed by atoms with E-state index in [0.717, 1.165) is 0 Å². The monoisotopic (exact) mass is 324 g/mol. The van der Waals surface area contributed by atoms with Crippen molar-refractivity contribution >= 4 is 25.4 Å². The maximum Gasteiger partial charge on any atom is 0.574 e. The molecule has 1 aromatic heterocycles. The fourth-order valence-electron chi connectivity index (χ4n) is 0.987. The lowest BCUT2D eigenvalue weighted by molar-refractivity contribution is -0.388. The highest BCUT2D eigenvalue weighted by Gasteiger charge is 2.38. The Kier molecular flexibility index (Phi) is 3.86. The average molecular weight is 325 g/mol. The van der Waals surface area contributed by atoms with Gasteiger partial charge in [0.2, 0.25) is 10.7 Å². The zero-order valence-electron chi connectivity index (χ0n) is 8.31. The van der Waals surface area contributed by atoms with E-state index in [2.05, 4.69) is 9.72 Å².